The predicted octanol–water partition coefficient (Wildman–Crippen LogP) is 1.57. The zero-order chi connectivity index (χ0) is 15.3. The molecule has 2 rings (SSSR count). The molecule has 10 heteroatoms. The summed E-state index contributed by atoms with van der Waals surface area (Å²) in [4.78, 5) is -1.20. The average Bonchev–Trinajstić information content (AvgIpc) is 2.25. The molecule has 108 valence electrons. The van der Waals surface area contributed by atoms with Gasteiger partial charge in [-0.05, 0) is 24.3 Å². The Balaban J connectivity index is 3.13. The van der Waals surface area contributed by atoms with Crippen LogP contribution in [-0.2, 0) is 20.2 Å². The van der Waals surface area contributed by atoms with E-state index in [9.17, 15) is 16.8 Å². The van der Waals surface area contributed by atoms with Crippen LogP contribution in [0.3, 0.4) is 0 Å². The highest BCUT2D eigenvalue weighted by Crippen LogP contribution is 2.33. The summed E-state index contributed by atoms with van der Waals surface area (Å²) in [5.74, 6) is 0. The number of nitrogens with two attached hydrogens (primary N) is 1. The Morgan fingerprint density at radius 3 is 1.80 bits per heavy atom. The van der Waals surface area contributed by atoms with E-state index in [1.165, 1.54) is 0 Å². The van der Waals surface area contributed by atoms with E-state index in [2.05, 4.69) is 0 Å². The molecular formula is C10H8ClNO6S2. The van der Waals surface area contributed by atoms with Gasteiger partial charge in [0.15, 0.2) is 0 Å². The molecule has 0 heterocycles. The van der Waals surface area contributed by atoms with E-state index < -0.39 is 30.0 Å². The second kappa shape index (κ2) is 4.57. The first-order valence-electron chi connectivity index (χ1n) is 4.98. The molecule has 0 aliphatic carbocycles. The standard InChI is InChI=1S/C10H8ClNO6S2/c11-5-1-7-8(9(2-5)19(13,14)15)3-6(12)4-10(7)20(16,17)18/h1-4H,12H2,(H,13,14,15)(H,16,17,18). The fourth-order valence-electron chi connectivity index (χ4n) is 1.81. The second-order valence-electron chi connectivity index (χ2n) is 3.97. The van der Waals surface area contributed by atoms with Crippen molar-refractivity contribution < 1.29 is 25.9 Å². The fraction of sp³-hybridized carbons (Fsp3) is 0. The largest absolute Gasteiger partial charge is 0.399 e. The van der Waals surface area contributed by atoms with E-state index in [0.717, 1.165) is 24.3 Å². The van der Waals surface area contributed by atoms with Crippen molar-refractivity contribution in [3.63, 3.8) is 0 Å². The zero-order valence-corrected chi connectivity index (χ0v) is 12.0. The van der Waals surface area contributed by atoms with Gasteiger partial charge >= 0.3 is 0 Å². The number of hydrogen-bond acceptors (Lipinski definition) is 5. The van der Waals surface area contributed by atoms with Gasteiger partial charge in [0.05, 0.1) is 0 Å². The fourth-order valence-corrected chi connectivity index (χ4v) is 3.55. The van der Waals surface area contributed by atoms with E-state index in [0.29, 0.717) is 0 Å². The molecule has 7 nitrogen and oxygen atoms in total. The summed E-state index contributed by atoms with van der Waals surface area (Å²) in [5.41, 5.74) is 5.39. The van der Waals surface area contributed by atoms with Gasteiger partial charge in [-0.15, -0.1) is 0 Å². The first-order chi connectivity index (χ1) is 9.00. The van der Waals surface area contributed by atoms with E-state index >= 15 is 0 Å². The van der Waals surface area contributed by atoms with E-state index in [1.807, 2.05) is 0 Å². The van der Waals surface area contributed by atoms with Crippen LogP contribution in [0.15, 0.2) is 34.1 Å². The smallest absolute Gasteiger partial charge is 0.295 e. The molecule has 0 spiro atoms. The SMILES string of the molecule is Nc1cc(S(=O)(=O)O)c2cc(Cl)cc(S(=O)(=O)O)c2c1. The number of rotatable bonds is 2. The summed E-state index contributed by atoms with van der Waals surface area (Å²) in [6, 6.07) is 4.21. The first kappa shape index (κ1) is 15.0. The molecule has 0 aliphatic rings. The third kappa shape index (κ3) is 2.72. The highest BCUT2D eigenvalue weighted by Gasteiger charge is 2.21. The lowest BCUT2D eigenvalue weighted by Crippen LogP contribution is -2.04. The number of anilines is 1. The molecule has 0 saturated carbocycles. The van der Waals surface area contributed by atoms with Crippen LogP contribution in [0.25, 0.3) is 10.8 Å². The molecule has 0 bridgehead atoms. The minimum atomic E-state index is -4.65. The first-order valence-corrected chi connectivity index (χ1v) is 8.24. The monoisotopic (exact) mass is 337 g/mol. The number of hydrogen-bond donors (Lipinski definition) is 3. The highest BCUT2D eigenvalue weighted by molar-refractivity contribution is 7.86. The summed E-state index contributed by atoms with van der Waals surface area (Å²) < 4.78 is 63.6. The van der Waals surface area contributed by atoms with Crippen LogP contribution < -0.4 is 5.73 Å². The van der Waals surface area contributed by atoms with Crippen molar-refractivity contribution in [1.82, 2.24) is 0 Å². The molecular weight excluding hydrogens is 330 g/mol. The van der Waals surface area contributed by atoms with Gasteiger partial charge in [0.2, 0.25) is 0 Å². The zero-order valence-electron chi connectivity index (χ0n) is 9.61. The minimum Gasteiger partial charge on any atom is -0.399 e. The number of halogens is 1. The average molecular weight is 338 g/mol. The summed E-state index contributed by atoms with van der Waals surface area (Å²) in [7, 11) is -9.29. The molecule has 0 saturated heterocycles. The summed E-state index contributed by atoms with van der Waals surface area (Å²) >= 11 is 5.71. The minimum absolute atomic E-state index is 0.0997. The predicted molar refractivity (Wildman–Crippen MR) is 73.0 cm³/mol. The van der Waals surface area contributed by atoms with Crippen molar-refractivity contribution >= 4 is 48.3 Å². The van der Waals surface area contributed by atoms with Gasteiger partial charge in [0.25, 0.3) is 20.2 Å². The Kier molecular flexibility index (Phi) is 3.43. The normalized spacial score (nSPS) is 12.8. The Labute approximate surface area is 119 Å². The molecule has 0 aromatic heterocycles. The van der Waals surface area contributed by atoms with Crippen LogP contribution in [0.1, 0.15) is 0 Å². The van der Waals surface area contributed by atoms with Gasteiger partial charge in [0, 0.05) is 21.5 Å². The Morgan fingerprint density at radius 2 is 1.30 bits per heavy atom. The molecule has 2 aromatic carbocycles. The van der Waals surface area contributed by atoms with Crippen molar-refractivity contribution in [3.8, 4) is 0 Å². The van der Waals surface area contributed by atoms with Gasteiger partial charge in [-0.2, -0.15) is 16.8 Å². The number of benzene rings is 2. The van der Waals surface area contributed by atoms with E-state index in [4.69, 9.17) is 26.4 Å². The Bertz CT molecular complexity index is 843. The van der Waals surface area contributed by atoms with Gasteiger partial charge in [-0.3, -0.25) is 9.11 Å². The lowest BCUT2D eigenvalue weighted by molar-refractivity contribution is 0.481. The molecule has 0 unspecified atom stereocenters. The second-order valence-corrected chi connectivity index (χ2v) is 7.18. The Morgan fingerprint density at radius 1 is 0.850 bits per heavy atom. The van der Waals surface area contributed by atoms with Crippen molar-refractivity contribution in [1.29, 1.82) is 0 Å². The van der Waals surface area contributed by atoms with Crippen molar-refractivity contribution in [2.75, 3.05) is 5.73 Å². The molecule has 0 aliphatic heterocycles. The van der Waals surface area contributed by atoms with Gasteiger partial charge in [-0.1, -0.05) is 11.6 Å². The maximum Gasteiger partial charge on any atom is 0.295 e. The topological polar surface area (TPSA) is 135 Å². The van der Waals surface area contributed by atoms with Gasteiger partial charge in [0.1, 0.15) is 9.79 Å². The maximum absolute atomic E-state index is 11.3. The van der Waals surface area contributed by atoms with Crippen LogP contribution >= 0.6 is 11.6 Å². The van der Waals surface area contributed by atoms with Crippen LogP contribution in [0.4, 0.5) is 5.69 Å². The van der Waals surface area contributed by atoms with E-state index in [1.54, 1.807) is 0 Å². The molecule has 0 radical (unpaired) electrons. The lowest BCUT2D eigenvalue weighted by atomic mass is 10.1. The molecule has 0 atom stereocenters. The van der Waals surface area contributed by atoms with Crippen molar-refractivity contribution in [2.45, 2.75) is 9.79 Å². The molecule has 4 N–H and O–H groups in total. The Hall–Kier alpha value is -1.39. The molecule has 2 aromatic rings. The van der Waals surface area contributed by atoms with Crippen LogP contribution in [0.5, 0.6) is 0 Å². The van der Waals surface area contributed by atoms with Crippen molar-refractivity contribution in [2.24, 2.45) is 0 Å². The summed E-state index contributed by atoms with van der Waals surface area (Å²) in [6.07, 6.45) is 0. The number of fused-ring (bicyclic) bond motifs is 1. The third-order valence-electron chi connectivity index (χ3n) is 2.54. The van der Waals surface area contributed by atoms with Gasteiger partial charge in [-0.25, -0.2) is 0 Å². The molecule has 0 fully saturated rings. The van der Waals surface area contributed by atoms with Crippen molar-refractivity contribution in [3.05, 3.63) is 29.3 Å². The number of nitrogen functional groups attached to an aromatic ring is 1. The van der Waals surface area contributed by atoms with E-state index in [-0.39, 0.29) is 21.5 Å². The molecule has 20 heavy (non-hydrogen) atoms. The maximum atomic E-state index is 11.3. The van der Waals surface area contributed by atoms with Gasteiger partial charge < -0.3 is 5.73 Å². The lowest BCUT2D eigenvalue weighted by Gasteiger charge is -2.09. The molecule has 0 amide bonds. The quantitative estimate of drug-likeness (QED) is 0.559. The van der Waals surface area contributed by atoms with Crippen LogP contribution in [0.2, 0.25) is 5.02 Å². The highest BCUT2D eigenvalue weighted by atomic mass is 35.5. The third-order valence-corrected chi connectivity index (χ3v) is 4.54. The summed E-state index contributed by atoms with van der Waals surface area (Å²) in [6.45, 7) is 0. The summed E-state index contributed by atoms with van der Waals surface area (Å²) in [5, 5.41) is -0.453. The van der Waals surface area contributed by atoms with Crippen LogP contribution in [-0.4, -0.2) is 25.9 Å². The van der Waals surface area contributed by atoms with Crippen LogP contribution in [0, 0.1) is 0 Å².